The van der Waals surface area contributed by atoms with Gasteiger partial charge < -0.3 is 11.1 Å². The second-order valence-corrected chi connectivity index (χ2v) is 3.72. The van der Waals surface area contributed by atoms with Crippen molar-refractivity contribution in [3.63, 3.8) is 0 Å². The molecule has 0 bridgehead atoms. The fraction of sp³-hybridized carbons (Fsp3) is 0.154. The fourth-order valence-corrected chi connectivity index (χ4v) is 1.57. The van der Waals surface area contributed by atoms with Crippen molar-refractivity contribution in [3.8, 4) is 0 Å². The number of hydrogen-bond acceptors (Lipinski definition) is 3. The minimum Gasteiger partial charge on any atom is -0.396 e. The lowest BCUT2D eigenvalue weighted by molar-refractivity contribution is 0.876. The van der Waals surface area contributed by atoms with Crippen molar-refractivity contribution in [1.82, 2.24) is 4.98 Å². The number of pyridine rings is 1. The van der Waals surface area contributed by atoms with Gasteiger partial charge >= 0.3 is 0 Å². The summed E-state index contributed by atoms with van der Waals surface area (Å²) in [5, 5.41) is 3.29. The fourth-order valence-electron chi connectivity index (χ4n) is 1.57. The van der Waals surface area contributed by atoms with Crippen molar-refractivity contribution in [1.29, 1.82) is 0 Å². The monoisotopic (exact) mass is 213 g/mol. The number of nitrogens with one attached hydrogen (secondary N) is 1. The lowest BCUT2D eigenvalue weighted by Gasteiger charge is -2.15. The zero-order valence-corrected chi connectivity index (χ0v) is 9.22. The van der Waals surface area contributed by atoms with Gasteiger partial charge in [0, 0.05) is 6.20 Å². The zero-order chi connectivity index (χ0) is 11.4. The second kappa shape index (κ2) is 4.66. The van der Waals surface area contributed by atoms with Crippen LogP contribution in [0.15, 0.2) is 48.7 Å². The average Bonchev–Trinajstić information content (AvgIpc) is 2.33. The number of nitrogens with zero attached hydrogens (tertiary/aromatic N) is 1. The van der Waals surface area contributed by atoms with Gasteiger partial charge in [0.25, 0.3) is 0 Å². The minimum atomic E-state index is 0.193. The maximum absolute atomic E-state index is 5.82. The Morgan fingerprint density at radius 2 is 1.88 bits per heavy atom. The molecule has 1 atom stereocenters. The van der Waals surface area contributed by atoms with Crippen molar-refractivity contribution < 1.29 is 0 Å². The van der Waals surface area contributed by atoms with Gasteiger partial charge in [0.15, 0.2) is 0 Å². The smallest absolute Gasteiger partial charge is 0.149 e. The summed E-state index contributed by atoms with van der Waals surface area (Å²) in [6.45, 7) is 2.09. The largest absolute Gasteiger partial charge is 0.396 e. The van der Waals surface area contributed by atoms with Crippen LogP contribution >= 0.6 is 0 Å². The molecule has 1 heterocycles. The number of benzene rings is 1. The van der Waals surface area contributed by atoms with E-state index in [4.69, 9.17) is 5.73 Å². The maximum Gasteiger partial charge on any atom is 0.149 e. The predicted octanol–water partition coefficient (Wildman–Crippen LogP) is 2.84. The lowest BCUT2D eigenvalue weighted by Crippen LogP contribution is -2.09. The van der Waals surface area contributed by atoms with Crippen LogP contribution < -0.4 is 11.1 Å². The van der Waals surface area contributed by atoms with Crippen molar-refractivity contribution in [2.45, 2.75) is 13.0 Å². The van der Waals surface area contributed by atoms with E-state index in [9.17, 15) is 0 Å². The Kier molecular flexibility index (Phi) is 3.05. The van der Waals surface area contributed by atoms with Gasteiger partial charge in [-0.3, -0.25) is 0 Å². The third-order valence-corrected chi connectivity index (χ3v) is 2.49. The van der Waals surface area contributed by atoms with Gasteiger partial charge in [-0.2, -0.15) is 0 Å². The lowest BCUT2D eigenvalue weighted by atomic mass is 10.1. The van der Waals surface area contributed by atoms with E-state index in [0.29, 0.717) is 5.69 Å². The highest BCUT2D eigenvalue weighted by atomic mass is 15.0. The van der Waals surface area contributed by atoms with E-state index in [1.807, 2.05) is 30.3 Å². The van der Waals surface area contributed by atoms with Crippen molar-refractivity contribution in [3.05, 3.63) is 54.2 Å². The van der Waals surface area contributed by atoms with E-state index in [2.05, 4.69) is 29.4 Å². The number of nitrogen functional groups attached to an aromatic ring is 1. The molecule has 0 saturated heterocycles. The van der Waals surface area contributed by atoms with E-state index >= 15 is 0 Å². The molecule has 2 aromatic rings. The molecule has 2 rings (SSSR count). The second-order valence-electron chi connectivity index (χ2n) is 3.72. The first kappa shape index (κ1) is 10.5. The topological polar surface area (TPSA) is 50.9 Å². The third-order valence-electron chi connectivity index (χ3n) is 2.49. The van der Waals surface area contributed by atoms with Crippen LogP contribution in [0.5, 0.6) is 0 Å². The SMILES string of the molecule is CC(Nc1ncccc1N)c1ccccc1. The van der Waals surface area contributed by atoms with Gasteiger partial charge in [-0.1, -0.05) is 30.3 Å². The summed E-state index contributed by atoms with van der Waals surface area (Å²) in [6.07, 6.45) is 1.73. The predicted molar refractivity (Wildman–Crippen MR) is 67.1 cm³/mol. The molecule has 0 aliphatic carbocycles. The molecule has 1 aromatic carbocycles. The first-order valence-electron chi connectivity index (χ1n) is 5.29. The molecule has 0 aliphatic rings. The average molecular weight is 213 g/mol. The van der Waals surface area contributed by atoms with Gasteiger partial charge in [-0.25, -0.2) is 4.98 Å². The van der Waals surface area contributed by atoms with Crippen molar-refractivity contribution >= 4 is 11.5 Å². The van der Waals surface area contributed by atoms with Crippen LogP contribution in [0.25, 0.3) is 0 Å². The highest BCUT2D eigenvalue weighted by Gasteiger charge is 2.06. The molecule has 0 fully saturated rings. The summed E-state index contributed by atoms with van der Waals surface area (Å²) in [7, 11) is 0. The normalized spacial score (nSPS) is 12.1. The molecule has 82 valence electrons. The van der Waals surface area contributed by atoms with Crippen LogP contribution in [-0.4, -0.2) is 4.98 Å². The highest BCUT2D eigenvalue weighted by molar-refractivity contribution is 5.61. The van der Waals surface area contributed by atoms with Crippen molar-refractivity contribution in [2.75, 3.05) is 11.1 Å². The van der Waals surface area contributed by atoms with Crippen LogP contribution in [0.1, 0.15) is 18.5 Å². The molecule has 16 heavy (non-hydrogen) atoms. The van der Waals surface area contributed by atoms with E-state index in [0.717, 1.165) is 5.82 Å². The number of hydrogen-bond donors (Lipinski definition) is 2. The van der Waals surface area contributed by atoms with Gasteiger partial charge in [0.05, 0.1) is 11.7 Å². The molecule has 0 radical (unpaired) electrons. The maximum atomic E-state index is 5.82. The van der Waals surface area contributed by atoms with E-state index in [1.165, 1.54) is 5.56 Å². The summed E-state index contributed by atoms with van der Waals surface area (Å²) in [4.78, 5) is 4.21. The summed E-state index contributed by atoms with van der Waals surface area (Å²) in [5.74, 6) is 0.735. The van der Waals surface area contributed by atoms with Gasteiger partial charge in [-0.05, 0) is 24.6 Å². The molecule has 3 N–H and O–H groups in total. The van der Waals surface area contributed by atoms with Gasteiger partial charge in [0.1, 0.15) is 5.82 Å². The quantitative estimate of drug-likeness (QED) is 0.824. The molecular weight excluding hydrogens is 198 g/mol. The molecular formula is C13H15N3. The molecule has 0 saturated carbocycles. The van der Waals surface area contributed by atoms with Gasteiger partial charge in [-0.15, -0.1) is 0 Å². The molecule has 0 spiro atoms. The molecule has 1 unspecified atom stereocenters. The Morgan fingerprint density at radius 1 is 1.12 bits per heavy atom. The number of nitrogens with two attached hydrogens (primary N) is 1. The summed E-state index contributed by atoms with van der Waals surface area (Å²) >= 11 is 0. The van der Waals surface area contributed by atoms with Crippen LogP contribution in [0, 0.1) is 0 Å². The summed E-state index contributed by atoms with van der Waals surface area (Å²) in [5.41, 5.74) is 7.71. The Morgan fingerprint density at radius 3 is 2.56 bits per heavy atom. The molecule has 0 amide bonds. The Balaban J connectivity index is 2.14. The van der Waals surface area contributed by atoms with Gasteiger partial charge in [0.2, 0.25) is 0 Å². The van der Waals surface area contributed by atoms with Crippen LogP contribution in [0.2, 0.25) is 0 Å². The third kappa shape index (κ3) is 2.31. The summed E-state index contributed by atoms with van der Waals surface area (Å²) in [6, 6.07) is 14.1. The number of aromatic nitrogens is 1. The van der Waals surface area contributed by atoms with Crippen molar-refractivity contribution in [2.24, 2.45) is 0 Å². The molecule has 1 aromatic heterocycles. The summed E-state index contributed by atoms with van der Waals surface area (Å²) < 4.78 is 0. The molecule has 3 heteroatoms. The molecule has 0 aliphatic heterocycles. The van der Waals surface area contributed by atoms with Crippen LogP contribution in [0.4, 0.5) is 11.5 Å². The Labute approximate surface area is 95.3 Å². The number of anilines is 2. The first-order chi connectivity index (χ1) is 7.77. The zero-order valence-electron chi connectivity index (χ0n) is 9.22. The minimum absolute atomic E-state index is 0.193. The van der Waals surface area contributed by atoms with Crippen LogP contribution in [0.3, 0.4) is 0 Å². The Hall–Kier alpha value is -2.03. The van der Waals surface area contributed by atoms with E-state index in [1.54, 1.807) is 6.20 Å². The Bertz CT molecular complexity index is 454. The van der Waals surface area contributed by atoms with E-state index < -0.39 is 0 Å². The number of rotatable bonds is 3. The first-order valence-corrected chi connectivity index (χ1v) is 5.29. The molecule has 3 nitrogen and oxygen atoms in total. The van der Waals surface area contributed by atoms with E-state index in [-0.39, 0.29) is 6.04 Å². The van der Waals surface area contributed by atoms with Crippen LogP contribution in [-0.2, 0) is 0 Å². The standard InChI is InChI=1S/C13H15N3/c1-10(11-6-3-2-4-7-11)16-13-12(14)8-5-9-15-13/h2-10H,14H2,1H3,(H,15,16). The highest BCUT2D eigenvalue weighted by Crippen LogP contribution is 2.21.